The fraction of sp³-hybridized carbons (Fsp3) is 0.364. The van der Waals surface area contributed by atoms with Gasteiger partial charge in [-0.3, -0.25) is 4.79 Å². The number of hydrogen-bond acceptors (Lipinski definition) is 7. The predicted molar refractivity (Wildman–Crippen MR) is 120 cm³/mol. The number of anilines is 1. The molecular weight excluding hydrogens is 410 g/mol. The van der Waals surface area contributed by atoms with E-state index in [-0.39, 0.29) is 25.2 Å². The average molecular weight is 435 g/mol. The maximum absolute atomic E-state index is 13.0. The number of nitrogens with one attached hydrogen (secondary N) is 2. The van der Waals surface area contributed by atoms with E-state index in [1.165, 1.54) is 6.20 Å². The van der Waals surface area contributed by atoms with Crippen LogP contribution in [0.25, 0.3) is 27.9 Å². The first-order valence-electron chi connectivity index (χ1n) is 10.6. The molecule has 32 heavy (non-hydrogen) atoms. The lowest BCUT2D eigenvalue weighted by Gasteiger charge is -2.14. The summed E-state index contributed by atoms with van der Waals surface area (Å²) in [4.78, 5) is 22.3. The highest BCUT2D eigenvalue weighted by Gasteiger charge is 2.29. The average Bonchev–Trinajstić information content (AvgIpc) is 3.50. The molecule has 10 heteroatoms. The van der Waals surface area contributed by atoms with E-state index in [4.69, 9.17) is 9.72 Å². The van der Waals surface area contributed by atoms with Crippen molar-refractivity contribution in [2.75, 3.05) is 25.6 Å². The van der Waals surface area contributed by atoms with Crippen LogP contribution in [-0.2, 0) is 4.74 Å². The van der Waals surface area contributed by atoms with Gasteiger partial charge in [-0.15, -0.1) is 0 Å². The van der Waals surface area contributed by atoms with Gasteiger partial charge < -0.3 is 25.0 Å². The largest absolute Gasteiger partial charge is 0.388 e. The maximum atomic E-state index is 13.0. The van der Waals surface area contributed by atoms with Crippen LogP contribution >= 0.6 is 0 Å². The van der Waals surface area contributed by atoms with Crippen molar-refractivity contribution < 1.29 is 14.6 Å². The predicted octanol–water partition coefficient (Wildman–Crippen LogP) is 1.86. The number of aromatic nitrogens is 5. The highest BCUT2D eigenvalue weighted by molar-refractivity contribution is 6.01. The molecule has 1 amide bonds. The first kappa shape index (κ1) is 20.4. The Morgan fingerprint density at radius 2 is 2.16 bits per heavy atom. The molecule has 1 aliphatic rings. The lowest BCUT2D eigenvalue weighted by Crippen LogP contribution is -2.42. The number of pyridine rings is 1. The standard InChI is InChI=1S/C22H25N7O3/c1-12(2)28-9-15(13-5-4-6-24-20(13)28)16-7-19(23-3)29-21(26-16)14(8-25-29)22(31)27-17-10-32-11-18(17)30/h4-9,12,17-18,23,30H,10-11H2,1-3H3,(H,27,31)/t17?,18-/m1/s1. The number of rotatable bonds is 5. The fourth-order valence-corrected chi connectivity index (χ4v) is 4.05. The minimum Gasteiger partial charge on any atom is -0.388 e. The topological polar surface area (TPSA) is 119 Å². The summed E-state index contributed by atoms with van der Waals surface area (Å²) in [5, 5.41) is 21.3. The zero-order chi connectivity index (χ0) is 22.4. The van der Waals surface area contributed by atoms with E-state index in [9.17, 15) is 9.90 Å². The molecule has 0 radical (unpaired) electrons. The van der Waals surface area contributed by atoms with E-state index in [0.717, 1.165) is 16.6 Å². The van der Waals surface area contributed by atoms with Crippen molar-refractivity contribution in [2.24, 2.45) is 0 Å². The molecule has 166 valence electrons. The van der Waals surface area contributed by atoms with Crippen molar-refractivity contribution >= 4 is 28.4 Å². The Balaban J connectivity index is 1.63. The second kappa shape index (κ2) is 7.88. The van der Waals surface area contributed by atoms with E-state index in [1.54, 1.807) is 17.8 Å². The summed E-state index contributed by atoms with van der Waals surface area (Å²) in [5.74, 6) is 0.343. The zero-order valence-electron chi connectivity index (χ0n) is 18.1. The van der Waals surface area contributed by atoms with Crippen molar-refractivity contribution in [3.63, 3.8) is 0 Å². The molecule has 0 saturated carbocycles. The summed E-state index contributed by atoms with van der Waals surface area (Å²) in [6.07, 6.45) is 4.58. The number of hydrogen-bond donors (Lipinski definition) is 3. The minimum atomic E-state index is -0.730. The Morgan fingerprint density at radius 3 is 2.88 bits per heavy atom. The van der Waals surface area contributed by atoms with Gasteiger partial charge in [0.25, 0.3) is 5.91 Å². The molecular formula is C22H25N7O3. The molecule has 0 bridgehead atoms. The number of aliphatic hydroxyl groups is 1. The van der Waals surface area contributed by atoms with Gasteiger partial charge in [-0.1, -0.05) is 0 Å². The van der Waals surface area contributed by atoms with Crippen LogP contribution in [-0.4, -0.2) is 67.6 Å². The number of nitrogens with zero attached hydrogens (tertiary/aromatic N) is 5. The molecule has 1 aliphatic heterocycles. The van der Waals surface area contributed by atoms with E-state index >= 15 is 0 Å². The van der Waals surface area contributed by atoms with Gasteiger partial charge in [-0.05, 0) is 26.0 Å². The van der Waals surface area contributed by atoms with E-state index in [1.807, 2.05) is 24.4 Å². The molecule has 5 heterocycles. The third kappa shape index (κ3) is 3.28. The van der Waals surface area contributed by atoms with Crippen molar-refractivity contribution in [1.29, 1.82) is 0 Å². The van der Waals surface area contributed by atoms with Crippen LogP contribution in [0.5, 0.6) is 0 Å². The highest BCUT2D eigenvalue weighted by atomic mass is 16.5. The van der Waals surface area contributed by atoms with E-state index < -0.39 is 12.1 Å². The second-order valence-corrected chi connectivity index (χ2v) is 8.17. The summed E-state index contributed by atoms with van der Waals surface area (Å²) >= 11 is 0. The van der Waals surface area contributed by atoms with Crippen molar-refractivity contribution in [3.8, 4) is 11.3 Å². The van der Waals surface area contributed by atoms with E-state index in [0.29, 0.717) is 22.7 Å². The number of aliphatic hydroxyl groups excluding tert-OH is 1. The number of ether oxygens (including phenoxy) is 1. The molecule has 3 N–H and O–H groups in total. The lowest BCUT2D eigenvalue weighted by molar-refractivity contribution is 0.0888. The molecule has 4 aromatic heterocycles. The maximum Gasteiger partial charge on any atom is 0.257 e. The molecule has 0 aromatic carbocycles. The molecule has 1 unspecified atom stereocenters. The van der Waals surface area contributed by atoms with Crippen molar-refractivity contribution in [2.45, 2.75) is 32.0 Å². The van der Waals surface area contributed by atoms with Gasteiger partial charge in [0.2, 0.25) is 0 Å². The van der Waals surface area contributed by atoms with Gasteiger partial charge in [-0.25, -0.2) is 9.97 Å². The molecule has 0 spiro atoms. The Morgan fingerprint density at radius 1 is 1.31 bits per heavy atom. The molecule has 2 atom stereocenters. The van der Waals surface area contributed by atoms with Crippen LogP contribution in [0.3, 0.4) is 0 Å². The Kier molecular flexibility index (Phi) is 5.03. The van der Waals surface area contributed by atoms with Gasteiger partial charge >= 0.3 is 0 Å². The summed E-state index contributed by atoms with van der Waals surface area (Å²) in [7, 11) is 1.80. The highest BCUT2D eigenvalue weighted by Crippen LogP contribution is 2.32. The van der Waals surface area contributed by atoms with Crippen LogP contribution in [0.2, 0.25) is 0 Å². The number of carbonyl (C=O) groups excluding carboxylic acids is 1. The number of carbonyl (C=O) groups is 1. The lowest BCUT2D eigenvalue weighted by atomic mass is 10.1. The molecule has 0 aliphatic carbocycles. The fourth-order valence-electron chi connectivity index (χ4n) is 4.05. The summed E-state index contributed by atoms with van der Waals surface area (Å²) < 4.78 is 8.94. The number of amides is 1. The quantitative estimate of drug-likeness (QED) is 0.438. The Hall–Kier alpha value is -3.50. The third-order valence-electron chi connectivity index (χ3n) is 5.76. The van der Waals surface area contributed by atoms with Crippen LogP contribution in [0.15, 0.2) is 36.8 Å². The molecule has 10 nitrogen and oxygen atoms in total. The normalized spacial score (nSPS) is 18.7. The first-order valence-corrected chi connectivity index (χ1v) is 10.6. The van der Waals surface area contributed by atoms with Crippen LogP contribution in [0.1, 0.15) is 30.2 Å². The van der Waals surface area contributed by atoms with Crippen LogP contribution in [0, 0.1) is 0 Å². The molecule has 1 saturated heterocycles. The van der Waals surface area contributed by atoms with E-state index in [2.05, 4.69) is 39.1 Å². The molecule has 1 fully saturated rings. The molecule has 5 rings (SSSR count). The first-order chi connectivity index (χ1) is 15.5. The van der Waals surface area contributed by atoms with Crippen molar-refractivity contribution in [1.82, 2.24) is 29.5 Å². The minimum absolute atomic E-state index is 0.208. The van der Waals surface area contributed by atoms with Crippen LogP contribution < -0.4 is 10.6 Å². The summed E-state index contributed by atoms with van der Waals surface area (Å²) in [5.41, 5.74) is 3.26. The van der Waals surface area contributed by atoms with Gasteiger partial charge in [0, 0.05) is 42.5 Å². The van der Waals surface area contributed by atoms with Gasteiger partial charge in [-0.2, -0.15) is 9.61 Å². The smallest absolute Gasteiger partial charge is 0.257 e. The van der Waals surface area contributed by atoms with Gasteiger partial charge in [0.1, 0.15) is 17.0 Å². The summed E-state index contributed by atoms with van der Waals surface area (Å²) in [6.45, 7) is 4.69. The monoisotopic (exact) mass is 435 g/mol. The second-order valence-electron chi connectivity index (χ2n) is 8.17. The van der Waals surface area contributed by atoms with Gasteiger partial charge in [0.05, 0.1) is 37.3 Å². The van der Waals surface area contributed by atoms with Crippen LogP contribution in [0.4, 0.5) is 5.82 Å². The third-order valence-corrected chi connectivity index (χ3v) is 5.76. The SMILES string of the molecule is CNc1cc(-c2cn(C(C)C)c3ncccc23)nc2c(C(=O)NC3COC[C@H]3O)cnn12. The zero-order valence-corrected chi connectivity index (χ0v) is 18.1. The Labute approximate surface area is 184 Å². The number of fused-ring (bicyclic) bond motifs is 2. The Bertz CT molecular complexity index is 1310. The molecule has 4 aromatic rings. The summed E-state index contributed by atoms with van der Waals surface area (Å²) in [6, 6.07) is 5.60. The van der Waals surface area contributed by atoms with Gasteiger partial charge in [0.15, 0.2) is 5.65 Å². The van der Waals surface area contributed by atoms with Crippen molar-refractivity contribution in [3.05, 3.63) is 42.4 Å².